The zero-order chi connectivity index (χ0) is 11.1. The van der Waals surface area contributed by atoms with Gasteiger partial charge < -0.3 is 15.4 Å². The van der Waals surface area contributed by atoms with E-state index in [0.29, 0.717) is 6.42 Å². The average molecular weight is 242 g/mol. The van der Waals surface area contributed by atoms with Crippen LogP contribution in [-0.2, 0) is 9.53 Å². The minimum absolute atomic E-state index is 0.0264. The number of urea groups is 1. The van der Waals surface area contributed by atoms with Gasteiger partial charge in [0, 0.05) is 12.2 Å². The van der Waals surface area contributed by atoms with Crippen LogP contribution in [0.15, 0.2) is 0 Å². The van der Waals surface area contributed by atoms with Crippen molar-refractivity contribution < 1.29 is 14.3 Å². The van der Waals surface area contributed by atoms with Gasteiger partial charge in [0.05, 0.1) is 17.3 Å². The Bertz CT molecular complexity index is 336. The fourth-order valence-corrected chi connectivity index (χ4v) is 4.22. The van der Waals surface area contributed by atoms with Gasteiger partial charge in [0.1, 0.15) is 6.10 Å². The van der Waals surface area contributed by atoms with Gasteiger partial charge in [-0.15, -0.1) is 0 Å². The van der Waals surface area contributed by atoms with Crippen molar-refractivity contribution in [3.8, 4) is 0 Å². The van der Waals surface area contributed by atoms with Crippen molar-refractivity contribution in [3.05, 3.63) is 0 Å². The van der Waals surface area contributed by atoms with Crippen LogP contribution in [0, 0.1) is 0 Å². The van der Waals surface area contributed by atoms with Crippen molar-refractivity contribution in [1.29, 1.82) is 0 Å². The molecule has 0 aromatic heterocycles. The summed E-state index contributed by atoms with van der Waals surface area (Å²) in [6, 6.07) is 0.221. The van der Waals surface area contributed by atoms with E-state index in [1.54, 1.807) is 11.8 Å². The number of esters is 1. The normalized spacial score (nSPS) is 42.2. The van der Waals surface area contributed by atoms with E-state index in [9.17, 15) is 9.59 Å². The SMILES string of the molecule is O=C1NC2CS[C@@H](C3CCCC(=O)O3)C2N1. The number of ether oxygens (including phenoxy) is 1. The van der Waals surface area contributed by atoms with Gasteiger partial charge in [0.25, 0.3) is 0 Å². The number of amides is 2. The maximum Gasteiger partial charge on any atom is 0.315 e. The molecule has 3 unspecified atom stereocenters. The smallest absolute Gasteiger partial charge is 0.315 e. The fourth-order valence-electron chi connectivity index (χ4n) is 2.63. The molecule has 3 heterocycles. The lowest BCUT2D eigenvalue weighted by Gasteiger charge is -2.29. The van der Waals surface area contributed by atoms with Crippen molar-refractivity contribution in [3.63, 3.8) is 0 Å². The zero-order valence-electron chi connectivity index (χ0n) is 8.77. The van der Waals surface area contributed by atoms with Gasteiger partial charge in [0.2, 0.25) is 0 Å². The van der Waals surface area contributed by atoms with Crippen molar-refractivity contribution in [2.24, 2.45) is 0 Å². The summed E-state index contributed by atoms with van der Waals surface area (Å²) in [4.78, 5) is 22.5. The number of cyclic esters (lactones) is 1. The summed E-state index contributed by atoms with van der Waals surface area (Å²) in [5.74, 6) is 0.805. The minimum atomic E-state index is -0.0995. The fraction of sp³-hybridized carbons (Fsp3) is 0.800. The summed E-state index contributed by atoms with van der Waals surface area (Å²) in [6.07, 6.45) is 2.33. The van der Waals surface area contributed by atoms with Gasteiger partial charge in [-0.05, 0) is 12.8 Å². The molecule has 0 aromatic rings. The first-order valence-corrected chi connectivity index (χ1v) is 6.67. The van der Waals surface area contributed by atoms with Gasteiger partial charge in [-0.3, -0.25) is 4.79 Å². The van der Waals surface area contributed by atoms with Gasteiger partial charge in [-0.1, -0.05) is 0 Å². The Balaban J connectivity index is 1.70. The number of carbonyl (C=O) groups is 2. The van der Waals surface area contributed by atoms with Gasteiger partial charge in [0.15, 0.2) is 0 Å². The van der Waals surface area contributed by atoms with Crippen LogP contribution in [-0.4, -0.2) is 41.2 Å². The second kappa shape index (κ2) is 3.84. The predicted octanol–water partition coefficient (Wildman–Crippen LogP) is 0.247. The van der Waals surface area contributed by atoms with Crippen LogP contribution in [0.1, 0.15) is 19.3 Å². The molecule has 3 aliphatic heterocycles. The van der Waals surface area contributed by atoms with E-state index in [4.69, 9.17) is 4.74 Å². The van der Waals surface area contributed by atoms with E-state index in [1.165, 1.54) is 0 Å². The summed E-state index contributed by atoms with van der Waals surface area (Å²) < 4.78 is 5.37. The Kier molecular flexibility index (Phi) is 2.46. The molecule has 3 aliphatic rings. The molecule has 5 nitrogen and oxygen atoms in total. The highest BCUT2D eigenvalue weighted by Gasteiger charge is 2.47. The third-order valence-corrected chi connectivity index (χ3v) is 4.92. The first-order chi connectivity index (χ1) is 7.74. The van der Waals surface area contributed by atoms with Gasteiger partial charge in [-0.2, -0.15) is 11.8 Å². The Hall–Kier alpha value is -0.910. The van der Waals surface area contributed by atoms with Crippen LogP contribution >= 0.6 is 11.8 Å². The first kappa shape index (κ1) is 10.3. The van der Waals surface area contributed by atoms with Crippen molar-refractivity contribution in [2.75, 3.05) is 5.75 Å². The average Bonchev–Trinajstić information content (AvgIpc) is 2.76. The van der Waals surface area contributed by atoms with E-state index in [0.717, 1.165) is 18.6 Å². The van der Waals surface area contributed by atoms with E-state index in [2.05, 4.69) is 10.6 Å². The quantitative estimate of drug-likeness (QED) is 0.511. The van der Waals surface area contributed by atoms with Gasteiger partial charge >= 0.3 is 12.0 Å². The number of carbonyl (C=O) groups excluding carboxylic acids is 2. The van der Waals surface area contributed by atoms with Crippen LogP contribution in [0.5, 0.6) is 0 Å². The summed E-state index contributed by atoms with van der Waals surface area (Å²) in [5.41, 5.74) is 0. The van der Waals surface area contributed by atoms with E-state index in [1.807, 2.05) is 0 Å². The van der Waals surface area contributed by atoms with E-state index in [-0.39, 0.29) is 35.4 Å². The molecule has 0 spiro atoms. The molecule has 3 saturated heterocycles. The number of rotatable bonds is 1. The highest BCUT2D eigenvalue weighted by atomic mass is 32.2. The molecule has 0 saturated carbocycles. The third-order valence-electron chi connectivity index (χ3n) is 3.39. The van der Waals surface area contributed by atoms with Crippen molar-refractivity contribution in [1.82, 2.24) is 10.6 Å². The number of hydrogen-bond acceptors (Lipinski definition) is 4. The summed E-state index contributed by atoms with van der Waals surface area (Å²) >= 11 is 1.79. The second-order valence-electron chi connectivity index (χ2n) is 4.47. The first-order valence-electron chi connectivity index (χ1n) is 5.62. The molecule has 3 rings (SSSR count). The van der Waals surface area contributed by atoms with Crippen LogP contribution in [0.25, 0.3) is 0 Å². The lowest BCUT2D eigenvalue weighted by Crippen LogP contribution is -2.45. The Morgan fingerprint density at radius 3 is 3.00 bits per heavy atom. The minimum Gasteiger partial charge on any atom is -0.461 e. The molecule has 6 heteroatoms. The van der Waals surface area contributed by atoms with E-state index < -0.39 is 0 Å². The number of thioether (sulfide) groups is 1. The van der Waals surface area contributed by atoms with Crippen molar-refractivity contribution in [2.45, 2.75) is 42.7 Å². The number of hydrogen-bond donors (Lipinski definition) is 2. The summed E-state index contributed by atoms with van der Waals surface area (Å²) in [7, 11) is 0. The van der Waals surface area contributed by atoms with Crippen LogP contribution in [0.4, 0.5) is 4.79 Å². The molecule has 88 valence electrons. The van der Waals surface area contributed by atoms with E-state index >= 15 is 0 Å². The van der Waals surface area contributed by atoms with Crippen LogP contribution < -0.4 is 10.6 Å². The Morgan fingerprint density at radius 1 is 1.31 bits per heavy atom. The molecule has 2 N–H and O–H groups in total. The molecule has 0 aromatic carbocycles. The topological polar surface area (TPSA) is 67.4 Å². The monoisotopic (exact) mass is 242 g/mol. The molecule has 0 bridgehead atoms. The van der Waals surface area contributed by atoms with Crippen LogP contribution in [0.2, 0.25) is 0 Å². The predicted molar refractivity (Wildman–Crippen MR) is 59.2 cm³/mol. The lowest BCUT2D eigenvalue weighted by atomic mass is 9.98. The molecule has 2 amide bonds. The molecule has 0 aliphatic carbocycles. The van der Waals surface area contributed by atoms with Crippen molar-refractivity contribution >= 4 is 23.8 Å². The van der Waals surface area contributed by atoms with Gasteiger partial charge in [-0.25, -0.2) is 4.79 Å². The third kappa shape index (κ3) is 1.65. The Morgan fingerprint density at radius 2 is 2.19 bits per heavy atom. The summed E-state index contributed by atoms with van der Waals surface area (Å²) in [5, 5.41) is 6.02. The largest absolute Gasteiger partial charge is 0.461 e. The Labute approximate surface area is 97.7 Å². The molecule has 0 radical (unpaired) electrons. The highest BCUT2D eigenvalue weighted by molar-refractivity contribution is 8.00. The molecule has 3 fully saturated rings. The van der Waals surface area contributed by atoms with Crippen LogP contribution in [0.3, 0.4) is 0 Å². The highest BCUT2D eigenvalue weighted by Crippen LogP contribution is 2.36. The molecular weight excluding hydrogens is 228 g/mol. The molecule has 4 atom stereocenters. The maximum atomic E-state index is 11.3. The summed E-state index contributed by atoms with van der Waals surface area (Å²) in [6.45, 7) is 0. The zero-order valence-corrected chi connectivity index (χ0v) is 9.59. The second-order valence-corrected chi connectivity index (χ2v) is 5.68. The number of nitrogens with one attached hydrogen (secondary N) is 2. The standard InChI is InChI=1S/C10H14N2O3S/c13-7-3-1-2-6(15-7)9-8-5(4-16-9)11-10(14)12-8/h5-6,8-9H,1-4H2,(H2,11,12,14)/t5?,6?,8?,9-/m0/s1. The maximum absolute atomic E-state index is 11.3. The molecular formula is C10H14N2O3S. The number of fused-ring (bicyclic) bond motifs is 1. The molecule has 16 heavy (non-hydrogen) atoms. The lowest BCUT2D eigenvalue weighted by molar-refractivity contribution is -0.153.